The molecule has 1 saturated carbocycles. The van der Waals surface area contributed by atoms with Crippen molar-refractivity contribution in [2.45, 2.75) is 45.9 Å². The van der Waals surface area contributed by atoms with Crippen LogP contribution in [0.25, 0.3) is 0 Å². The van der Waals surface area contributed by atoms with Crippen LogP contribution < -0.4 is 0 Å². The fourth-order valence-corrected chi connectivity index (χ4v) is 4.91. The van der Waals surface area contributed by atoms with Gasteiger partial charge in [-0.15, -0.1) is 0 Å². The Labute approximate surface area is 148 Å². The van der Waals surface area contributed by atoms with Gasteiger partial charge in [0.15, 0.2) is 0 Å². The zero-order valence-electron chi connectivity index (χ0n) is 17.1. The van der Waals surface area contributed by atoms with Crippen LogP contribution in [0, 0.1) is 24.2 Å². The van der Waals surface area contributed by atoms with Crippen LogP contribution in [0.2, 0.25) is 0 Å². The molecule has 0 amide bonds. The molecule has 1 aliphatic heterocycles. The second kappa shape index (κ2) is 5.76. The summed E-state index contributed by atoms with van der Waals surface area (Å²) >= 11 is 0. The van der Waals surface area contributed by atoms with E-state index in [9.17, 15) is 8.42 Å². The summed E-state index contributed by atoms with van der Waals surface area (Å²) in [5.74, 6) is -0.904. The Bertz CT molecular complexity index is 896. The highest BCUT2D eigenvalue weighted by molar-refractivity contribution is 7.89. The van der Waals surface area contributed by atoms with E-state index >= 15 is 0 Å². The van der Waals surface area contributed by atoms with Gasteiger partial charge in [0, 0.05) is 14.1 Å². The van der Waals surface area contributed by atoms with E-state index in [0.717, 1.165) is 16.7 Å². The lowest BCUT2D eigenvalue weighted by atomic mass is 9.96. The molecule has 0 saturated heterocycles. The average molecular weight is 348 g/mol. The van der Waals surface area contributed by atoms with Gasteiger partial charge in [-0.25, -0.2) is 8.42 Å². The molecule has 1 heterocycles. The molecule has 1 aromatic rings. The third-order valence-corrected chi connectivity index (χ3v) is 6.96. The van der Waals surface area contributed by atoms with Crippen LogP contribution in [-0.2, 0) is 10.0 Å². The van der Waals surface area contributed by atoms with Crippen LogP contribution in [0.4, 0.5) is 0 Å². The second-order valence-corrected chi connectivity index (χ2v) is 9.42. The van der Waals surface area contributed by atoms with Crippen LogP contribution in [0.5, 0.6) is 0 Å². The number of aryl methyl sites for hydroxylation is 1. The third kappa shape index (κ3) is 2.81. The van der Waals surface area contributed by atoms with E-state index in [2.05, 4.69) is 0 Å². The topological polar surface area (TPSA) is 37.4 Å². The van der Waals surface area contributed by atoms with Gasteiger partial charge in [-0.1, -0.05) is 48.8 Å². The quantitative estimate of drug-likeness (QED) is 0.738. The fraction of sp³-hybridized carbons (Fsp3) is 0.500. The first-order valence-corrected chi connectivity index (χ1v) is 9.81. The van der Waals surface area contributed by atoms with E-state index in [4.69, 9.17) is 2.74 Å². The molecule has 1 aromatic carbocycles. The molecule has 0 spiro atoms. The highest BCUT2D eigenvalue weighted by Gasteiger charge is 2.59. The average Bonchev–Trinajstić information content (AvgIpc) is 2.95. The summed E-state index contributed by atoms with van der Waals surface area (Å²) in [6.45, 7) is 10.1. The predicted molar refractivity (Wildman–Crippen MR) is 98.0 cm³/mol. The molecular formula is C20H27NO2S. The van der Waals surface area contributed by atoms with Gasteiger partial charge < -0.3 is 0 Å². The van der Waals surface area contributed by atoms with Gasteiger partial charge in [-0.2, -0.15) is 0 Å². The van der Waals surface area contributed by atoms with Gasteiger partial charge in [-0.3, -0.25) is 4.31 Å². The first-order chi connectivity index (χ1) is 11.9. The minimum absolute atomic E-state index is 0.00549. The summed E-state index contributed by atoms with van der Waals surface area (Å²) in [6, 6.07) is 6.71. The van der Waals surface area contributed by atoms with Crippen molar-refractivity contribution in [3.63, 3.8) is 0 Å². The SMILES string of the molecule is [2H]/C1=C/CC(=C(C)C)[C@@]2([2H])[C@@H](CN1S(=O)(=O)c1ccc(C)cc1)C2(C)C. The van der Waals surface area contributed by atoms with Crippen LogP contribution in [0.15, 0.2) is 52.6 Å². The molecule has 0 unspecified atom stereocenters. The van der Waals surface area contributed by atoms with E-state index in [1.807, 2.05) is 34.6 Å². The number of hydrogen-bond acceptors (Lipinski definition) is 2. The Hall–Kier alpha value is -1.55. The number of nitrogens with zero attached hydrogens (tertiary/aromatic N) is 1. The normalized spacial score (nSPS) is 32.5. The number of fused-ring (bicyclic) bond motifs is 1. The van der Waals surface area contributed by atoms with Crippen molar-refractivity contribution in [2.75, 3.05) is 6.54 Å². The summed E-state index contributed by atoms with van der Waals surface area (Å²) in [5, 5.41) is 0. The maximum absolute atomic E-state index is 13.2. The van der Waals surface area contributed by atoms with Crippen molar-refractivity contribution in [1.29, 1.82) is 0 Å². The first kappa shape index (κ1) is 14.8. The second-order valence-electron chi connectivity index (χ2n) is 7.55. The van der Waals surface area contributed by atoms with E-state index in [0.29, 0.717) is 6.42 Å². The number of hydrogen-bond donors (Lipinski definition) is 0. The summed E-state index contributed by atoms with van der Waals surface area (Å²) in [4.78, 5) is 0.193. The number of allylic oxidation sites excluding steroid dienone is 3. The molecule has 1 aliphatic carbocycles. The molecule has 24 heavy (non-hydrogen) atoms. The maximum atomic E-state index is 13.2. The largest absolute Gasteiger partial charge is 0.273 e. The monoisotopic (exact) mass is 347 g/mol. The highest BCUT2D eigenvalue weighted by atomic mass is 32.2. The van der Waals surface area contributed by atoms with E-state index < -0.39 is 15.9 Å². The van der Waals surface area contributed by atoms with Crippen molar-refractivity contribution in [3.8, 4) is 0 Å². The number of rotatable bonds is 2. The Morgan fingerprint density at radius 2 is 1.92 bits per heavy atom. The minimum atomic E-state index is -3.81. The van der Waals surface area contributed by atoms with E-state index in [1.165, 1.54) is 4.31 Å². The van der Waals surface area contributed by atoms with Crippen LogP contribution >= 0.6 is 0 Å². The number of sulfonamides is 1. The van der Waals surface area contributed by atoms with Crippen molar-refractivity contribution >= 4 is 10.0 Å². The molecule has 3 nitrogen and oxygen atoms in total. The molecular weight excluding hydrogens is 318 g/mol. The van der Waals surface area contributed by atoms with Crippen LogP contribution in [0.3, 0.4) is 0 Å². The summed E-state index contributed by atoms with van der Waals surface area (Å²) in [6.07, 6.45) is 2.08. The van der Waals surface area contributed by atoms with Crippen molar-refractivity contribution in [2.24, 2.45) is 17.2 Å². The zero-order chi connectivity index (χ0) is 19.5. The Kier molecular flexibility index (Phi) is 3.55. The minimum Gasteiger partial charge on any atom is -0.273 e. The third-order valence-electron chi connectivity index (χ3n) is 5.26. The molecule has 0 N–H and O–H groups in total. The van der Waals surface area contributed by atoms with Gasteiger partial charge in [0.05, 0.1) is 6.27 Å². The predicted octanol–water partition coefficient (Wildman–Crippen LogP) is 4.51. The first-order valence-electron chi connectivity index (χ1n) is 9.37. The van der Waals surface area contributed by atoms with Gasteiger partial charge >= 0.3 is 0 Å². The van der Waals surface area contributed by atoms with Gasteiger partial charge in [0.2, 0.25) is 0 Å². The zero-order valence-corrected chi connectivity index (χ0v) is 15.9. The lowest BCUT2D eigenvalue weighted by Gasteiger charge is -2.23. The Morgan fingerprint density at radius 3 is 2.50 bits per heavy atom. The van der Waals surface area contributed by atoms with Gasteiger partial charge in [0.1, 0.15) is 0 Å². The summed E-state index contributed by atoms with van der Waals surface area (Å²) in [5.41, 5.74) is 2.78. The molecule has 130 valence electrons. The number of benzene rings is 1. The highest BCUT2D eigenvalue weighted by Crippen LogP contribution is 2.63. The molecule has 0 bridgehead atoms. The smallest absolute Gasteiger partial charge is 0.263 e. The van der Waals surface area contributed by atoms with E-state index in [-0.39, 0.29) is 28.9 Å². The fourth-order valence-electron chi connectivity index (χ4n) is 3.61. The van der Waals surface area contributed by atoms with E-state index in [1.54, 1.807) is 30.3 Å². The lowest BCUT2D eigenvalue weighted by molar-refractivity contribution is 0.442. The molecule has 2 aliphatic rings. The maximum Gasteiger partial charge on any atom is 0.263 e. The van der Waals surface area contributed by atoms with Crippen LogP contribution in [0.1, 0.15) is 42.4 Å². The summed E-state index contributed by atoms with van der Waals surface area (Å²) < 4.78 is 44.9. The van der Waals surface area contributed by atoms with Gasteiger partial charge in [0.25, 0.3) is 10.0 Å². The summed E-state index contributed by atoms with van der Waals surface area (Å²) in [7, 11) is -3.81. The van der Waals surface area contributed by atoms with Crippen molar-refractivity contribution < 1.29 is 11.2 Å². The molecule has 2 atom stereocenters. The molecule has 0 radical (unpaired) electrons. The van der Waals surface area contributed by atoms with Gasteiger partial charge in [-0.05, 0) is 56.6 Å². The van der Waals surface area contributed by atoms with Crippen LogP contribution in [-0.4, -0.2) is 19.3 Å². The Balaban J connectivity index is 2.07. The van der Waals surface area contributed by atoms with Crippen molar-refractivity contribution in [3.05, 3.63) is 53.2 Å². The standard InChI is InChI=1S/C20H27NO2S/c1-14(2)17-7-6-12-21(13-18-19(17)20(18,4)5)24(22,23)16-10-8-15(3)9-11-16/h6,8-12,18-19H,7,13H2,1-5H3/b12-6-/t18-,19+/m1/s1/i12D,19D. The van der Waals surface area contributed by atoms with Crippen molar-refractivity contribution in [1.82, 2.24) is 4.31 Å². The lowest BCUT2D eigenvalue weighted by Crippen LogP contribution is -2.29. The molecule has 3 rings (SSSR count). The molecule has 0 aromatic heterocycles. The molecule has 4 heteroatoms. The Morgan fingerprint density at radius 1 is 1.29 bits per heavy atom. The molecule has 1 fully saturated rings.